The lowest BCUT2D eigenvalue weighted by atomic mass is 10.2. The highest BCUT2D eigenvalue weighted by atomic mass is 16.6. The smallest absolute Gasteiger partial charge is 0.335 e. The van der Waals surface area contributed by atoms with Crippen LogP contribution in [0.4, 0.5) is 11.4 Å². The number of nitrogens with zero attached hydrogens (tertiary/aromatic N) is 2. The number of pyridine rings is 1. The van der Waals surface area contributed by atoms with Gasteiger partial charge in [0.2, 0.25) is 5.75 Å². The highest BCUT2D eigenvalue weighted by Crippen LogP contribution is 2.36. The minimum absolute atomic E-state index is 0.100. The van der Waals surface area contributed by atoms with Crippen molar-refractivity contribution in [3.05, 3.63) is 52.8 Å². The molecule has 3 N–H and O–H groups in total. The molecule has 0 aliphatic heterocycles. The number of hydrogen-bond acceptors (Lipinski definition) is 6. The van der Waals surface area contributed by atoms with E-state index in [9.17, 15) is 10.1 Å². The number of benzene rings is 1. The summed E-state index contributed by atoms with van der Waals surface area (Å²) in [6, 6.07) is 7.92. The van der Waals surface area contributed by atoms with Crippen LogP contribution >= 0.6 is 0 Å². The number of nitro benzene ring substituents is 1. The van der Waals surface area contributed by atoms with E-state index in [-0.39, 0.29) is 17.1 Å². The van der Waals surface area contributed by atoms with E-state index in [2.05, 4.69) is 10.4 Å². The maximum atomic E-state index is 11.0. The van der Waals surface area contributed by atoms with Crippen LogP contribution in [0.25, 0.3) is 0 Å². The Morgan fingerprint density at radius 1 is 1.33 bits per heavy atom. The number of para-hydroxylation sites is 1. The van der Waals surface area contributed by atoms with Crippen LogP contribution in [0.3, 0.4) is 0 Å². The molecule has 0 radical (unpaired) electrons. The molecule has 0 bridgehead atoms. The van der Waals surface area contributed by atoms with E-state index in [1.54, 1.807) is 24.4 Å². The Balaban J connectivity index is 2.42. The molecule has 0 amide bonds. The molecule has 0 spiro atoms. The Hall–Kier alpha value is -2.67. The third-order valence-corrected chi connectivity index (χ3v) is 2.20. The molecule has 0 atom stereocenters. The Kier molecular flexibility index (Phi) is 3.35. The molecule has 0 aliphatic carbocycles. The zero-order chi connectivity index (χ0) is 13.0. The van der Waals surface area contributed by atoms with Crippen molar-refractivity contribution >= 4 is 11.4 Å². The molecular weight excluding hydrogens is 236 g/mol. The highest BCUT2D eigenvalue weighted by Gasteiger charge is 2.20. The van der Waals surface area contributed by atoms with Gasteiger partial charge in [0.15, 0.2) is 0 Å². The highest BCUT2D eigenvalue weighted by molar-refractivity contribution is 5.68. The number of nitrogen functional groups attached to an aromatic ring is 1. The average Bonchev–Trinajstić information content (AvgIpc) is 2.39. The molecule has 92 valence electrons. The van der Waals surface area contributed by atoms with Crippen molar-refractivity contribution in [1.82, 2.24) is 4.98 Å². The van der Waals surface area contributed by atoms with E-state index in [0.29, 0.717) is 5.75 Å². The molecular formula is C11H10N4O3. The van der Waals surface area contributed by atoms with Gasteiger partial charge < -0.3 is 10.2 Å². The second kappa shape index (κ2) is 5.11. The summed E-state index contributed by atoms with van der Waals surface area (Å²) in [7, 11) is 0. The Labute approximate surface area is 102 Å². The zero-order valence-electron chi connectivity index (χ0n) is 9.24. The van der Waals surface area contributed by atoms with Gasteiger partial charge in [-0.05, 0) is 24.3 Å². The Bertz CT molecular complexity index is 559. The summed E-state index contributed by atoms with van der Waals surface area (Å²) in [5, 5.41) is 11.0. The van der Waals surface area contributed by atoms with Crippen LogP contribution in [0.5, 0.6) is 11.5 Å². The Morgan fingerprint density at radius 3 is 2.78 bits per heavy atom. The first-order valence-electron chi connectivity index (χ1n) is 5.04. The summed E-state index contributed by atoms with van der Waals surface area (Å²) in [6.07, 6.45) is 3.05. The van der Waals surface area contributed by atoms with Crippen LogP contribution in [-0.4, -0.2) is 9.91 Å². The van der Waals surface area contributed by atoms with Gasteiger partial charge in [-0.25, -0.2) is 0 Å². The van der Waals surface area contributed by atoms with Crippen molar-refractivity contribution in [1.29, 1.82) is 0 Å². The predicted octanol–water partition coefficient (Wildman–Crippen LogP) is 2.07. The summed E-state index contributed by atoms with van der Waals surface area (Å²) in [4.78, 5) is 14.3. The van der Waals surface area contributed by atoms with Gasteiger partial charge >= 0.3 is 5.69 Å². The fourth-order valence-electron chi connectivity index (χ4n) is 1.44. The van der Waals surface area contributed by atoms with Gasteiger partial charge in [-0.3, -0.25) is 20.9 Å². The van der Waals surface area contributed by atoms with E-state index >= 15 is 0 Å². The van der Waals surface area contributed by atoms with Crippen molar-refractivity contribution in [3.8, 4) is 11.5 Å². The SMILES string of the molecule is NNc1cccc(Oc2cccnc2)c1[N+](=O)[O-]. The van der Waals surface area contributed by atoms with E-state index < -0.39 is 4.92 Å². The van der Waals surface area contributed by atoms with Crippen LogP contribution in [-0.2, 0) is 0 Å². The fourth-order valence-corrected chi connectivity index (χ4v) is 1.44. The molecule has 18 heavy (non-hydrogen) atoms. The average molecular weight is 246 g/mol. The van der Waals surface area contributed by atoms with Crippen molar-refractivity contribution < 1.29 is 9.66 Å². The van der Waals surface area contributed by atoms with Crippen LogP contribution in [0.1, 0.15) is 0 Å². The third kappa shape index (κ3) is 2.36. The number of rotatable bonds is 4. The van der Waals surface area contributed by atoms with E-state index in [1.165, 1.54) is 18.3 Å². The van der Waals surface area contributed by atoms with E-state index in [4.69, 9.17) is 10.6 Å². The van der Waals surface area contributed by atoms with Gasteiger partial charge in [-0.2, -0.15) is 0 Å². The maximum absolute atomic E-state index is 11.0. The van der Waals surface area contributed by atoms with Crippen molar-refractivity contribution in [2.24, 2.45) is 5.84 Å². The fraction of sp³-hybridized carbons (Fsp3) is 0. The first-order chi connectivity index (χ1) is 8.72. The van der Waals surface area contributed by atoms with Gasteiger partial charge in [-0.15, -0.1) is 0 Å². The first kappa shape index (κ1) is 11.8. The number of nitrogens with one attached hydrogen (secondary N) is 1. The Morgan fingerprint density at radius 2 is 2.17 bits per heavy atom. The number of anilines is 1. The van der Waals surface area contributed by atoms with Gasteiger partial charge in [0.05, 0.1) is 11.1 Å². The molecule has 0 saturated carbocycles. The summed E-state index contributed by atoms with van der Waals surface area (Å²) < 4.78 is 5.41. The summed E-state index contributed by atoms with van der Waals surface area (Å²) >= 11 is 0. The second-order valence-corrected chi connectivity index (χ2v) is 3.34. The molecule has 1 heterocycles. The molecule has 0 aliphatic rings. The number of nitrogens with two attached hydrogens (primary N) is 1. The van der Waals surface area contributed by atoms with Crippen LogP contribution < -0.4 is 16.0 Å². The predicted molar refractivity (Wildman–Crippen MR) is 65.2 cm³/mol. The van der Waals surface area contributed by atoms with E-state index in [0.717, 1.165) is 0 Å². The molecule has 0 unspecified atom stereocenters. The molecule has 7 nitrogen and oxygen atoms in total. The van der Waals surface area contributed by atoms with Crippen LogP contribution in [0.2, 0.25) is 0 Å². The molecule has 1 aromatic carbocycles. The topological polar surface area (TPSA) is 103 Å². The van der Waals surface area contributed by atoms with Crippen LogP contribution in [0.15, 0.2) is 42.7 Å². The van der Waals surface area contributed by atoms with Crippen molar-refractivity contribution in [2.75, 3.05) is 5.43 Å². The third-order valence-electron chi connectivity index (χ3n) is 2.20. The standard InChI is InChI=1S/C11H10N4O3/c12-14-9-4-1-5-10(11(9)15(16)17)18-8-3-2-6-13-7-8/h1-7,14H,12H2. The molecule has 2 rings (SSSR count). The zero-order valence-corrected chi connectivity index (χ0v) is 9.24. The number of ether oxygens (including phenoxy) is 1. The van der Waals surface area contributed by atoms with Crippen LogP contribution in [0, 0.1) is 10.1 Å². The molecule has 2 aromatic rings. The van der Waals surface area contributed by atoms with Gasteiger partial charge in [0.25, 0.3) is 0 Å². The number of hydrazine groups is 1. The summed E-state index contributed by atoms with van der Waals surface area (Å²) in [5.41, 5.74) is 2.23. The number of aromatic nitrogens is 1. The number of hydrogen-bond donors (Lipinski definition) is 2. The monoisotopic (exact) mass is 246 g/mol. The van der Waals surface area contributed by atoms with Gasteiger partial charge in [0.1, 0.15) is 11.4 Å². The largest absolute Gasteiger partial charge is 0.448 e. The van der Waals surface area contributed by atoms with Crippen molar-refractivity contribution in [3.63, 3.8) is 0 Å². The molecule has 7 heteroatoms. The molecule has 0 saturated heterocycles. The number of nitro groups is 1. The maximum Gasteiger partial charge on any atom is 0.335 e. The minimum atomic E-state index is -0.555. The lowest BCUT2D eigenvalue weighted by molar-refractivity contribution is -0.384. The minimum Gasteiger partial charge on any atom is -0.448 e. The molecule has 1 aromatic heterocycles. The molecule has 0 fully saturated rings. The van der Waals surface area contributed by atoms with Gasteiger partial charge in [0, 0.05) is 6.20 Å². The quantitative estimate of drug-likeness (QED) is 0.486. The summed E-state index contributed by atoms with van der Waals surface area (Å²) in [5.74, 6) is 5.74. The summed E-state index contributed by atoms with van der Waals surface area (Å²) in [6.45, 7) is 0. The first-order valence-corrected chi connectivity index (χ1v) is 5.04. The van der Waals surface area contributed by atoms with Crippen molar-refractivity contribution in [2.45, 2.75) is 0 Å². The normalized spacial score (nSPS) is 9.83. The lowest BCUT2D eigenvalue weighted by Crippen LogP contribution is -2.09. The second-order valence-electron chi connectivity index (χ2n) is 3.34. The van der Waals surface area contributed by atoms with Gasteiger partial charge in [-0.1, -0.05) is 6.07 Å². The van der Waals surface area contributed by atoms with E-state index in [1.807, 2.05) is 0 Å². The lowest BCUT2D eigenvalue weighted by Gasteiger charge is -2.08.